The second-order valence-corrected chi connectivity index (χ2v) is 4.92. The molecule has 0 unspecified atom stereocenters. The van der Waals surface area contributed by atoms with Gasteiger partial charge in [-0.15, -0.1) is 0 Å². The van der Waals surface area contributed by atoms with Crippen molar-refractivity contribution in [3.8, 4) is 5.75 Å². The Labute approximate surface area is 123 Å². The summed E-state index contributed by atoms with van der Waals surface area (Å²) < 4.78 is 5.77. The number of aryl methyl sites for hydroxylation is 2. The van der Waals surface area contributed by atoms with Gasteiger partial charge in [-0.2, -0.15) is 0 Å². The van der Waals surface area contributed by atoms with Crippen LogP contribution >= 0.6 is 0 Å². The first-order valence-corrected chi connectivity index (χ1v) is 7.47. The lowest BCUT2D eigenvalue weighted by Gasteiger charge is -2.09. The van der Waals surface area contributed by atoms with Crippen molar-refractivity contribution in [2.75, 3.05) is 0 Å². The smallest absolute Gasteiger partial charge is 0.120 e. The molecule has 0 spiro atoms. The molecule has 108 valence electrons. The first-order chi connectivity index (χ1) is 9.71. The Morgan fingerprint density at radius 2 is 1.55 bits per heavy atom. The van der Waals surface area contributed by atoms with Crippen molar-refractivity contribution in [3.63, 3.8) is 0 Å². The zero-order valence-electron chi connectivity index (χ0n) is 13.1. The molecular formula is C19H26O. The highest BCUT2D eigenvalue weighted by Crippen LogP contribution is 2.18. The summed E-state index contributed by atoms with van der Waals surface area (Å²) in [6, 6.07) is 16.5. The highest BCUT2D eigenvalue weighted by Gasteiger charge is 1.99. The number of rotatable bonds is 4. The van der Waals surface area contributed by atoms with Crippen LogP contribution in [0.2, 0.25) is 0 Å². The Morgan fingerprint density at radius 1 is 0.900 bits per heavy atom. The quantitative estimate of drug-likeness (QED) is 0.707. The molecule has 0 bridgehead atoms. The van der Waals surface area contributed by atoms with E-state index in [1.165, 1.54) is 23.1 Å². The summed E-state index contributed by atoms with van der Waals surface area (Å²) in [4.78, 5) is 0. The van der Waals surface area contributed by atoms with E-state index >= 15 is 0 Å². The summed E-state index contributed by atoms with van der Waals surface area (Å²) in [5.41, 5.74) is 3.89. The van der Waals surface area contributed by atoms with Gasteiger partial charge in [0.15, 0.2) is 0 Å². The van der Waals surface area contributed by atoms with Crippen LogP contribution in [-0.2, 0) is 13.0 Å². The molecule has 0 heterocycles. The molecule has 20 heavy (non-hydrogen) atoms. The summed E-state index contributed by atoms with van der Waals surface area (Å²) in [5.74, 6) is 0.948. The van der Waals surface area contributed by atoms with Gasteiger partial charge in [0.05, 0.1) is 0 Å². The molecule has 1 nitrogen and oxygen atoms in total. The first kappa shape index (κ1) is 16.3. The monoisotopic (exact) mass is 270 g/mol. The molecule has 0 atom stereocenters. The highest BCUT2D eigenvalue weighted by atomic mass is 16.5. The van der Waals surface area contributed by atoms with E-state index in [-0.39, 0.29) is 0 Å². The van der Waals surface area contributed by atoms with E-state index in [0.29, 0.717) is 6.61 Å². The molecule has 2 aromatic carbocycles. The SMILES string of the molecule is CCC.CCc1ccc(OCc2ccccc2)cc1C. The predicted molar refractivity (Wildman–Crippen MR) is 87.3 cm³/mol. The van der Waals surface area contributed by atoms with Gasteiger partial charge in [-0.3, -0.25) is 0 Å². The lowest BCUT2D eigenvalue weighted by Crippen LogP contribution is -1.96. The second kappa shape index (κ2) is 9.19. The van der Waals surface area contributed by atoms with E-state index in [1.54, 1.807) is 0 Å². The van der Waals surface area contributed by atoms with Crippen LogP contribution in [-0.4, -0.2) is 0 Å². The van der Waals surface area contributed by atoms with Crippen LogP contribution in [0.4, 0.5) is 0 Å². The molecule has 0 saturated carbocycles. The van der Waals surface area contributed by atoms with Gasteiger partial charge in [-0.25, -0.2) is 0 Å². The molecule has 0 aliphatic heterocycles. The summed E-state index contributed by atoms with van der Waals surface area (Å²) in [6.07, 6.45) is 2.32. The van der Waals surface area contributed by atoms with Crippen LogP contribution in [0.3, 0.4) is 0 Å². The molecule has 0 aromatic heterocycles. The zero-order valence-corrected chi connectivity index (χ0v) is 13.1. The number of ether oxygens (including phenoxy) is 1. The van der Waals surface area contributed by atoms with Crippen molar-refractivity contribution in [1.29, 1.82) is 0 Å². The van der Waals surface area contributed by atoms with Gasteiger partial charge in [0.2, 0.25) is 0 Å². The first-order valence-electron chi connectivity index (χ1n) is 7.47. The average Bonchev–Trinajstić information content (AvgIpc) is 2.47. The zero-order chi connectivity index (χ0) is 14.8. The Hall–Kier alpha value is -1.76. The maximum Gasteiger partial charge on any atom is 0.120 e. The third-order valence-electron chi connectivity index (χ3n) is 2.94. The lowest BCUT2D eigenvalue weighted by molar-refractivity contribution is 0.306. The predicted octanol–water partition coefficient (Wildman–Crippen LogP) is 5.55. The van der Waals surface area contributed by atoms with Crippen LogP contribution in [0, 0.1) is 6.92 Å². The van der Waals surface area contributed by atoms with Gasteiger partial charge in [-0.1, -0.05) is 63.6 Å². The highest BCUT2D eigenvalue weighted by molar-refractivity contribution is 5.34. The number of benzene rings is 2. The van der Waals surface area contributed by atoms with Gasteiger partial charge in [0.1, 0.15) is 12.4 Å². The van der Waals surface area contributed by atoms with Gasteiger partial charge in [0, 0.05) is 0 Å². The number of hydrogen-bond donors (Lipinski definition) is 0. The van der Waals surface area contributed by atoms with Crippen LogP contribution < -0.4 is 4.74 Å². The van der Waals surface area contributed by atoms with E-state index in [4.69, 9.17) is 4.74 Å². The number of hydrogen-bond acceptors (Lipinski definition) is 1. The molecule has 0 N–H and O–H groups in total. The summed E-state index contributed by atoms with van der Waals surface area (Å²) in [7, 11) is 0. The van der Waals surface area contributed by atoms with Crippen molar-refractivity contribution >= 4 is 0 Å². The third kappa shape index (κ3) is 5.48. The maximum absolute atomic E-state index is 5.77. The minimum atomic E-state index is 0.631. The van der Waals surface area contributed by atoms with Gasteiger partial charge in [0.25, 0.3) is 0 Å². The van der Waals surface area contributed by atoms with Crippen molar-refractivity contribution in [2.45, 2.75) is 47.1 Å². The molecule has 0 aliphatic rings. The Kier molecular flexibility index (Phi) is 7.49. The summed E-state index contributed by atoms with van der Waals surface area (Å²) >= 11 is 0. The molecule has 0 saturated heterocycles. The lowest BCUT2D eigenvalue weighted by atomic mass is 10.1. The van der Waals surface area contributed by atoms with Crippen molar-refractivity contribution in [1.82, 2.24) is 0 Å². The molecule has 0 fully saturated rings. The van der Waals surface area contributed by atoms with Crippen molar-refractivity contribution in [3.05, 3.63) is 65.2 Å². The third-order valence-corrected chi connectivity index (χ3v) is 2.94. The maximum atomic E-state index is 5.77. The normalized spacial score (nSPS) is 9.60. The molecule has 2 aromatic rings. The van der Waals surface area contributed by atoms with Gasteiger partial charge in [-0.05, 0) is 42.2 Å². The molecule has 0 radical (unpaired) electrons. The molecule has 0 aliphatic carbocycles. The molecular weight excluding hydrogens is 244 g/mol. The fourth-order valence-electron chi connectivity index (χ4n) is 1.90. The Balaban J connectivity index is 0.000000612. The van der Waals surface area contributed by atoms with E-state index in [9.17, 15) is 0 Å². The Morgan fingerprint density at radius 3 is 2.10 bits per heavy atom. The van der Waals surface area contributed by atoms with Crippen molar-refractivity contribution < 1.29 is 4.74 Å². The topological polar surface area (TPSA) is 9.23 Å². The summed E-state index contributed by atoms with van der Waals surface area (Å²) in [5, 5.41) is 0. The molecule has 0 amide bonds. The van der Waals surface area contributed by atoms with Gasteiger partial charge < -0.3 is 4.74 Å². The minimum Gasteiger partial charge on any atom is -0.489 e. The second-order valence-electron chi connectivity index (χ2n) is 4.92. The van der Waals surface area contributed by atoms with E-state index < -0.39 is 0 Å². The summed E-state index contributed by atoms with van der Waals surface area (Å²) in [6.45, 7) is 9.19. The Bertz CT molecular complexity index is 488. The van der Waals surface area contributed by atoms with Crippen LogP contribution in [0.1, 0.15) is 43.9 Å². The van der Waals surface area contributed by atoms with E-state index in [1.807, 2.05) is 18.2 Å². The fourth-order valence-corrected chi connectivity index (χ4v) is 1.90. The fraction of sp³-hybridized carbons (Fsp3) is 0.368. The standard InChI is InChI=1S/C16H18O.C3H8/c1-3-15-9-10-16(11-13(15)2)17-12-14-7-5-4-6-8-14;1-3-2/h4-11H,3,12H2,1-2H3;3H2,1-2H3. The molecule has 2 rings (SSSR count). The largest absolute Gasteiger partial charge is 0.489 e. The molecule has 1 heteroatoms. The van der Waals surface area contributed by atoms with Crippen LogP contribution in [0.25, 0.3) is 0 Å². The van der Waals surface area contributed by atoms with Crippen LogP contribution in [0.5, 0.6) is 5.75 Å². The van der Waals surface area contributed by atoms with Crippen molar-refractivity contribution in [2.24, 2.45) is 0 Å². The van der Waals surface area contributed by atoms with Crippen LogP contribution in [0.15, 0.2) is 48.5 Å². The van der Waals surface area contributed by atoms with E-state index in [0.717, 1.165) is 12.2 Å². The van der Waals surface area contributed by atoms with Gasteiger partial charge >= 0.3 is 0 Å². The minimum absolute atomic E-state index is 0.631. The van der Waals surface area contributed by atoms with E-state index in [2.05, 4.69) is 58.0 Å². The average molecular weight is 270 g/mol.